The van der Waals surface area contributed by atoms with Gasteiger partial charge < -0.3 is 14.8 Å². The third-order valence-electron chi connectivity index (χ3n) is 3.66. The van der Waals surface area contributed by atoms with Crippen LogP contribution in [0.15, 0.2) is 36.8 Å². The van der Waals surface area contributed by atoms with Crippen LogP contribution in [-0.4, -0.2) is 40.0 Å². The number of carbonyl (C=O) groups is 1. The van der Waals surface area contributed by atoms with E-state index in [0.717, 1.165) is 18.7 Å². The van der Waals surface area contributed by atoms with E-state index in [-0.39, 0.29) is 11.9 Å². The van der Waals surface area contributed by atoms with E-state index in [0.29, 0.717) is 17.3 Å². The fourth-order valence-corrected chi connectivity index (χ4v) is 2.83. The minimum atomic E-state index is -0.0397. The number of aryl methyl sites for hydroxylation is 1. The first-order valence-electron chi connectivity index (χ1n) is 6.90. The standard InChI is InChI=1S/C15H17ClN4O/c1-19-9-13(18-10-19)15(21)20-6-5-17-8-14(20)11-3-2-4-12(16)7-11/h2-4,7,9-10,14,17H,5-6,8H2,1H3. The maximum absolute atomic E-state index is 12.7. The van der Waals surface area contributed by atoms with Crippen LogP contribution in [-0.2, 0) is 7.05 Å². The van der Waals surface area contributed by atoms with Gasteiger partial charge in [-0.1, -0.05) is 23.7 Å². The van der Waals surface area contributed by atoms with E-state index in [2.05, 4.69) is 10.3 Å². The molecule has 1 amide bonds. The number of benzene rings is 1. The van der Waals surface area contributed by atoms with Crippen molar-refractivity contribution in [2.75, 3.05) is 19.6 Å². The Balaban J connectivity index is 1.89. The Kier molecular flexibility index (Phi) is 3.94. The maximum Gasteiger partial charge on any atom is 0.274 e. The molecule has 0 saturated carbocycles. The van der Waals surface area contributed by atoms with E-state index in [1.54, 1.807) is 17.1 Å². The zero-order valence-corrected chi connectivity index (χ0v) is 12.5. The van der Waals surface area contributed by atoms with Crippen LogP contribution in [0.3, 0.4) is 0 Å². The van der Waals surface area contributed by atoms with Crippen LogP contribution in [0.4, 0.5) is 0 Å². The molecule has 0 radical (unpaired) electrons. The molecule has 21 heavy (non-hydrogen) atoms. The lowest BCUT2D eigenvalue weighted by atomic mass is 10.0. The Morgan fingerprint density at radius 3 is 3.05 bits per heavy atom. The van der Waals surface area contributed by atoms with E-state index < -0.39 is 0 Å². The maximum atomic E-state index is 12.7. The molecular weight excluding hydrogens is 288 g/mol. The van der Waals surface area contributed by atoms with Gasteiger partial charge >= 0.3 is 0 Å². The van der Waals surface area contributed by atoms with Gasteiger partial charge in [0.15, 0.2) is 0 Å². The molecule has 1 aromatic heterocycles. The summed E-state index contributed by atoms with van der Waals surface area (Å²) < 4.78 is 1.78. The Labute approximate surface area is 128 Å². The number of amides is 1. The minimum Gasteiger partial charge on any atom is -0.340 e. The zero-order chi connectivity index (χ0) is 14.8. The highest BCUT2D eigenvalue weighted by Gasteiger charge is 2.29. The summed E-state index contributed by atoms with van der Waals surface area (Å²) in [6, 6.07) is 7.65. The van der Waals surface area contributed by atoms with Crippen molar-refractivity contribution in [2.24, 2.45) is 7.05 Å². The second-order valence-electron chi connectivity index (χ2n) is 5.20. The van der Waals surface area contributed by atoms with E-state index in [4.69, 9.17) is 11.6 Å². The van der Waals surface area contributed by atoms with Crippen molar-refractivity contribution in [3.8, 4) is 0 Å². The molecular formula is C15H17ClN4O. The van der Waals surface area contributed by atoms with E-state index in [9.17, 15) is 4.79 Å². The van der Waals surface area contributed by atoms with Crippen LogP contribution >= 0.6 is 11.6 Å². The monoisotopic (exact) mass is 304 g/mol. The highest BCUT2D eigenvalue weighted by Crippen LogP contribution is 2.25. The SMILES string of the molecule is Cn1cnc(C(=O)N2CCNCC2c2cccc(Cl)c2)c1. The number of carbonyl (C=O) groups excluding carboxylic acids is 1. The molecule has 0 bridgehead atoms. The van der Waals surface area contributed by atoms with Gasteiger partial charge in [0.1, 0.15) is 5.69 Å². The lowest BCUT2D eigenvalue weighted by molar-refractivity contribution is 0.0628. The van der Waals surface area contributed by atoms with Gasteiger partial charge in [0.25, 0.3) is 5.91 Å². The number of aromatic nitrogens is 2. The van der Waals surface area contributed by atoms with Crippen molar-refractivity contribution in [3.63, 3.8) is 0 Å². The average molecular weight is 305 g/mol. The summed E-state index contributed by atoms with van der Waals surface area (Å²) in [5.41, 5.74) is 1.52. The topological polar surface area (TPSA) is 50.2 Å². The summed E-state index contributed by atoms with van der Waals surface area (Å²) in [7, 11) is 1.86. The minimum absolute atomic E-state index is 0.0213. The van der Waals surface area contributed by atoms with Gasteiger partial charge in [0, 0.05) is 37.9 Å². The second-order valence-corrected chi connectivity index (χ2v) is 5.63. The first-order chi connectivity index (χ1) is 10.1. The van der Waals surface area contributed by atoms with Gasteiger partial charge in [0.2, 0.25) is 0 Å². The van der Waals surface area contributed by atoms with Crippen molar-refractivity contribution in [2.45, 2.75) is 6.04 Å². The fraction of sp³-hybridized carbons (Fsp3) is 0.333. The molecule has 1 saturated heterocycles. The lowest BCUT2D eigenvalue weighted by Crippen LogP contribution is -2.48. The Hall–Kier alpha value is -1.85. The smallest absolute Gasteiger partial charge is 0.274 e. The largest absolute Gasteiger partial charge is 0.340 e. The van der Waals surface area contributed by atoms with E-state index in [1.165, 1.54) is 0 Å². The van der Waals surface area contributed by atoms with Crippen molar-refractivity contribution in [3.05, 3.63) is 53.1 Å². The quantitative estimate of drug-likeness (QED) is 0.921. The van der Waals surface area contributed by atoms with E-state index in [1.807, 2.05) is 36.2 Å². The predicted octanol–water partition coefficient (Wildman–Crippen LogP) is 1.86. The Bertz CT molecular complexity index is 655. The number of halogens is 1. The highest BCUT2D eigenvalue weighted by molar-refractivity contribution is 6.30. The Morgan fingerprint density at radius 1 is 1.48 bits per heavy atom. The second kappa shape index (κ2) is 5.87. The molecule has 2 heterocycles. The van der Waals surface area contributed by atoms with Crippen molar-refractivity contribution in [1.82, 2.24) is 19.8 Å². The van der Waals surface area contributed by atoms with Crippen LogP contribution in [0.5, 0.6) is 0 Å². The number of hydrogen-bond acceptors (Lipinski definition) is 3. The Morgan fingerprint density at radius 2 is 2.33 bits per heavy atom. The number of piperazine rings is 1. The molecule has 1 unspecified atom stereocenters. The molecule has 1 aliphatic heterocycles. The predicted molar refractivity (Wildman–Crippen MR) is 81.3 cm³/mol. The molecule has 1 aliphatic rings. The van der Waals surface area contributed by atoms with Crippen LogP contribution in [0.1, 0.15) is 22.1 Å². The van der Waals surface area contributed by atoms with Crippen LogP contribution in [0.25, 0.3) is 0 Å². The highest BCUT2D eigenvalue weighted by atomic mass is 35.5. The molecule has 6 heteroatoms. The number of rotatable bonds is 2. The molecule has 0 spiro atoms. The third-order valence-corrected chi connectivity index (χ3v) is 3.90. The average Bonchev–Trinajstić information content (AvgIpc) is 2.93. The van der Waals surface area contributed by atoms with Gasteiger partial charge in [-0.15, -0.1) is 0 Å². The normalized spacial score (nSPS) is 18.8. The molecule has 0 aliphatic carbocycles. The summed E-state index contributed by atoms with van der Waals surface area (Å²) in [5, 5.41) is 4.02. The van der Waals surface area contributed by atoms with Gasteiger partial charge in [-0.25, -0.2) is 4.98 Å². The van der Waals surface area contributed by atoms with Gasteiger partial charge in [-0.05, 0) is 17.7 Å². The third kappa shape index (κ3) is 2.94. The first-order valence-corrected chi connectivity index (χ1v) is 7.28. The number of hydrogen-bond donors (Lipinski definition) is 1. The molecule has 2 aromatic rings. The molecule has 1 atom stereocenters. The molecule has 3 rings (SSSR count). The molecule has 110 valence electrons. The molecule has 1 aromatic carbocycles. The van der Waals surface area contributed by atoms with Crippen LogP contribution in [0, 0.1) is 0 Å². The summed E-state index contributed by atoms with van der Waals surface area (Å²) in [6.45, 7) is 2.17. The van der Waals surface area contributed by atoms with Gasteiger partial charge in [0.05, 0.1) is 12.4 Å². The zero-order valence-electron chi connectivity index (χ0n) is 11.8. The lowest BCUT2D eigenvalue weighted by Gasteiger charge is -2.36. The number of nitrogens with one attached hydrogen (secondary N) is 1. The molecule has 1 N–H and O–H groups in total. The van der Waals surface area contributed by atoms with E-state index >= 15 is 0 Å². The van der Waals surface area contributed by atoms with Crippen LogP contribution in [0.2, 0.25) is 5.02 Å². The first kappa shape index (κ1) is 14.1. The van der Waals surface area contributed by atoms with Crippen molar-refractivity contribution >= 4 is 17.5 Å². The summed E-state index contributed by atoms with van der Waals surface area (Å²) in [6.07, 6.45) is 3.39. The number of imidazole rings is 1. The summed E-state index contributed by atoms with van der Waals surface area (Å²) in [4.78, 5) is 18.7. The molecule has 1 fully saturated rings. The van der Waals surface area contributed by atoms with Crippen molar-refractivity contribution < 1.29 is 4.79 Å². The van der Waals surface area contributed by atoms with Gasteiger partial charge in [-0.3, -0.25) is 4.79 Å². The van der Waals surface area contributed by atoms with Crippen LogP contribution < -0.4 is 5.32 Å². The summed E-state index contributed by atoms with van der Waals surface area (Å²) in [5.74, 6) is -0.0397. The summed E-state index contributed by atoms with van der Waals surface area (Å²) >= 11 is 6.07. The van der Waals surface area contributed by atoms with Crippen molar-refractivity contribution in [1.29, 1.82) is 0 Å². The number of nitrogens with zero attached hydrogens (tertiary/aromatic N) is 3. The fourth-order valence-electron chi connectivity index (χ4n) is 2.63. The molecule has 5 nitrogen and oxygen atoms in total. The van der Waals surface area contributed by atoms with Gasteiger partial charge in [-0.2, -0.15) is 0 Å².